The molecule has 3 N–H and O–H groups in total. The molecular formula is C9H8N2O3. The van der Waals surface area contributed by atoms with Crippen LogP contribution >= 0.6 is 0 Å². The Morgan fingerprint density at radius 2 is 1.71 bits per heavy atom. The average molecular weight is 192 g/mol. The Hall–Kier alpha value is -1.88. The maximum absolute atomic E-state index is 11.0. The van der Waals surface area contributed by atoms with E-state index in [2.05, 4.69) is 9.97 Å². The summed E-state index contributed by atoms with van der Waals surface area (Å²) >= 11 is 0. The van der Waals surface area contributed by atoms with Crippen molar-refractivity contribution < 1.29 is 5.11 Å². The van der Waals surface area contributed by atoms with Crippen molar-refractivity contribution in [1.82, 2.24) is 9.97 Å². The first-order chi connectivity index (χ1) is 6.70. The molecule has 0 radical (unpaired) electrons. The van der Waals surface area contributed by atoms with Crippen molar-refractivity contribution in [2.24, 2.45) is 0 Å². The van der Waals surface area contributed by atoms with Gasteiger partial charge in [-0.3, -0.25) is 9.59 Å². The van der Waals surface area contributed by atoms with E-state index in [1.165, 1.54) is 0 Å². The largest absolute Gasteiger partial charge is 0.392 e. The van der Waals surface area contributed by atoms with Crippen LogP contribution in [-0.4, -0.2) is 15.1 Å². The van der Waals surface area contributed by atoms with E-state index in [1.54, 1.807) is 18.2 Å². The number of nitrogens with one attached hydrogen (secondary N) is 2. The predicted molar refractivity (Wildman–Crippen MR) is 51.1 cm³/mol. The second-order valence-electron chi connectivity index (χ2n) is 2.95. The maximum atomic E-state index is 11.0. The lowest BCUT2D eigenvalue weighted by Crippen LogP contribution is -2.28. The van der Waals surface area contributed by atoms with Crippen molar-refractivity contribution in [2.45, 2.75) is 6.61 Å². The number of rotatable bonds is 1. The zero-order chi connectivity index (χ0) is 10.1. The van der Waals surface area contributed by atoms with E-state index < -0.39 is 11.1 Å². The van der Waals surface area contributed by atoms with Crippen molar-refractivity contribution in [2.75, 3.05) is 0 Å². The van der Waals surface area contributed by atoms with Gasteiger partial charge in [-0.15, -0.1) is 0 Å². The fraction of sp³-hybridized carbons (Fsp3) is 0.111. The van der Waals surface area contributed by atoms with E-state index in [0.717, 1.165) is 0 Å². The average Bonchev–Trinajstić information content (AvgIpc) is 2.19. The van der Waals surface area contributed by atoms with Gasteiger partial charge in [0.2, 0.25) is 0 Å². The minimum Gasteiger partial charge on any atom is -0.392 e. The van der Waals surface area contributed by atoms with E-state index in [0.29, 0.717) is 16.6 Å². The maximum Gasteiger partial charge on any atom is 0.314 e. The highest BCUT2D eigenvalue weighted by molar-refractivity contribution is 5.74. The smallest absolute Gasteiger partial charge is 0.314 e. The summed E-state index contributed by atoms with van der Waals surface area (Å²) in [6.07, 6.45) is 0. The van der Waals surface area contributed by atoms with Crippen LogP contribution in [0.15, 0.2) is 27.8 Å². The number of hydrogen-bond acceptors (Lipinski definition) is 3. The molecule has 14 heavy (non-hydrogen) atoms. The fourth-order valence-corrected chi connectivity index (χ4v) is 1.26. The van der Waals surface area contributed by atoms with Gasteiger partial charge in [-0.1, -0.05) is 6.07 Å². The van der Waals surface area contributed by atoms with Gasteiger partial charge in [0.1, 0.15) is 0 Å². The lowest BCUT2D eigenvalue weighted by atomic mass is 10.2. The summed E-state index contributed by atoms with van der Waals surface area (Å²) in [7, 11) is 0. The highest BCUT2D eigenvalue weighted by atomic mass is 16.3. The van der Waals surface area contributed by atoms with Gasteiger partial charge in [0.15, 0.2) is 0 Å². The first kappa shape index (κ1) is 8.71. The highest BCUT2D eigenvalue weighted by Gasteiger charge is 1.99. The normalized spacial score (nSPS) is 10.6. The Morgan fingerprint density at radius 1 is 1.07 bits per heavy atom. The molecule has 5 nitrogen and oxygen atoms in total. The summed E-state index contributed by atoms with van der Waals surface area (Å²) in [5, 5.41) is 8.86. The fourth-order valence-electron chi connectivity index (χ4n) is 1.26. The molecule has 0 fully saturated rings. The number of H-pyrrole nitrogens is 2. The molecule has 5 heteroatoms. The summed E-state index contributed by atoms with van der Waals surface area (Å²) in [6.45, 7) is -0.100. The van der Waals surface area contributed by atoms with Gasteiger partial charge < -0.3 is 15.1 Å². The lowest BCUT2D eigenvalue weighted by molar-refractivity contribution is 0.282. The molecule has 0 aliphatic heterocycles. The van der Waals surface area contributed by atoms with Crippen molar-refractivity contribution in [3.8, 4) is 0 Å². The molecule has 1 heterocycles. The first-order valence-electron chi connectivity index (χ1n) is 4.07. The summed E-state index contributed by atoms with van der Waals surface area (Å²) in [5.41, 5.74) is 0.384. The SMILES string of the molecule is O=c1[nH]c2ccc(CO)cc2[nH]c1=O. The Labute approximate surface area is 78.0 Å². The Balaban J connectivity index is 2.83. The minimum absolute atomic E-state index is 0.100. The first-order valence-corrected chi connectivity index (χ1v) is 4.07. The molecule has 0 saturated carbocycles. The molecule has 0 aliphatic carbocycles. The zero-order valence-electron chi connectivity index (χ0n) is 7.20. The van der Waals surface area contributed by atoms with Gasteiger partial charge in [-0.05, 0) is 17.7 Å². The molecule has 2 aromatic rings. The third kappa shape index (κ3) is 1.33. The van der Waals surface area contributed by atoms with Gasteiger partial charge in [-0.25, -0.2) is 0 Å². The monoisotopic (exact) mass is 192 g/mol. The van der Waals surface area contributed by atoms with Gasteiger partial charge in [0.25, 0.3) is 0 Å². The van der Waals surface area contributed by atoms with Crippen LogP contribution in [0.3, 0.4) is 0 Å². The van der Waals surface area contributed by atoms with Crippen LogP contribution in [-0.2, 0) is 6.61 Å². The number of aliphatic hydroxyl groups is 1. The predicted octanol–water partition coefficient (Wildman–Crippen LogP) is -0.291. The van der Waals surface area contributed by atoms with Gasteiger partial charge in [0, 0.05) is 0 Å². The van der Waals surface area contributed by atoms with Crippen LogP contribution in [0.1, 0.15) is 5.56 Å². The summed E-state index contributed by atoms with van der Waals surface area (Å²) < 4.78 is 0. The van der Waals surface area contributed by atoms with E-state index in [9.17, 15) is 9.59 Å². The van der Waals surface area contributed by atoms with Crippen molar-refractivity contribution in [1.29, 1.82) is 0 Å². The van der Waals surface area contributed by atoms with Crippen LogP contribution in [0.4, 0.5) is 0 Å². The molecule has 0 amide bonds. The van der Waals surface area contributed by atoms with Crippen molar-refractivity contribution in [3.63, 3.8) is 0 Å². The quantitative estimate of drug-likeness (QED) is 0.542. The number of aromatic nitrogens is 2. The molecule has 0 spiro atoms. The van der Waals surface area contributed by atoms with Crippen LogP contribution in [0.25, 0.3) is 11.0 Å². The van der Waals surface area contributed by atoms with E-state index in [1.807, 2.05) is 0 Å². The van der Waals surface area contributed by atoms with Gasteiger partial charge in [-0.2, -0.15) is 0 Å². The van der Waals surface area contributed by atoms with Gasteiger partial charge in [0.05, 0.1) is 17.6 Å². The number of aromatic amines is 2. The Kier molecular flexibility index (Phi) is 1.94. The molecule has 0 aliphatic rings. The van der Waals surface area contributed by atoms with Crippen LogP contribution in [0, 0.1) is 0 Å². The summed E-state index contributed by atoms with van der Waals surface area (Å²) in [5.74, 6) is 0. The minimum atomic E-state index is -0.687. The van der Waals surface area contributed by atoms with Crippen LogP contribution < -0.4 is 11.1 Å². The standard InChI is InChI=1S/C9H8N2O3/c12-4-5-1-2-6-7(3-5)11-9(14)8(13)10-6/h1-3,12H,4H2,(H,10,13)(H,11,14). The van der Waals surface area contributed by atoms with Crippen LogP contribution in [0.2, 0.25) is 0 Å². The lowest BCUT2D eigenvalue weighted by Gasteiger charge is -1.99. The molecule has 0 saturated heterocycles. The number of aliphatic hydroxyl groups excluding tert-OH is 1. The molecule has 72 valence electrons. The number of hydrogen-bond donors (Lipinski definition) is 3. The molecule has 0 atom stereocenters. The molecular weight excluding hydrogens is 184 g/mol. The Bertz CT molecular complexity index is 582. The van der Waals surface area contributed by atoms with Crippen molar-refractivity contribution >= 4 is 11.0 Å². The topological polar surface area (TPSA) is 85.9 Å². The molecule has 0 unspecified atom stereocenters. The molecule has 1 aromatic carbocycles. The van der Waals surface area contributed by atoms with E-state index in [-0.39, 0.29) is 6.61 Å². The second kappa shape index (κ2) is 3.12. The molecule has 1 aromatic heterocycles. The van der Waals surface area contributed by atoms with E-state index in [4.69, 9.17) is 5.11 Å². The summed E-state index contributed by atoms with van der Waals surface area (Å²) in [6, 6.07) is 4.93. The summed E-state index contributed by atoms with van der Waals surface area (Å²) in [4.78, 5) is 26.8. The number of benzene rings is 1. The van der Waals surface area contributed by atoms with Crippen LogP contribution in [0.5, 0.6) is 0 Å². The molecule has 0 bridgehead atoms. The zero-order valence-corrected chi connectivity index (χ0v) is 7.20. The number of fused-ring (bicyclic) bond motifs is 1. The highest BCUT2D eigenvalue weighted by Crippen LogP contribution is 2.08. The van der Waals surface area contributed by atoms with E-state index >= 15 is 0 Å². The third-order valence-electron chi connectivity index (χ3n) is 1.97. The Morgan fingerprint density at radius 3 is 2.36 bits per heavy atom. The molecule has 2 rings (SSSR count). The van der Waals surface area contributed by atoms with Crippen molar-refractivity contribution in [3.05, 3.63) is 44.5 Å². The van der Waals surface area contributed by atoms with Gasteiger partial charge >= 0.3 is 11.1 Å². The second-order valence-corrected chi connectivity index (χ2v) is 2.95. The third-order valence-corrected chi connectivity index (χ3v) is 1.97.